The molecule has 1 aromatic heterocycles. The zero-order chi connectivity index (χ0) is 12.8. The second-order valence-electron chi connectivity index (χ2n) is 5.76. The van der Waals surface area contributed by atoms with Crippen LogP contribution in [0, 0.1) is 11.3 Å². The Morgan fingerprint density at radius 1 is 1.47 bits per heavy atom. The van der Waals surface area contributed by atoms with E-state index in [-0.39, 0.29) is 5.41 Å². The molecule has 1 unspecified atom stereocenters. The van der Waals surface area contributed by atoms with E-state index in [9.17, 15) is 4.79 Å². The molecule has 0 amide bonds. The lowest BCUT2D eigenvalue weighted by molar-refractivity contribution is 0.0696. The maximum Gasteiger partial charge on any atom is 0.338 e. The minimum Gasteiger partial charge on any atom is -0.478 e. The second-order valence-corrected chi connectivity index (χ2v) is 7.47. The number of thiophene rings is 1. The molecule has 1 heterocycles. The van der Waals surface area contributed by atoms with E-state index >= 15 is 0 Å². The molecule has 0 saturated heterocycles. The van der Waals surface area contributed by atoms with Crippen LogP contribution >= 0.6 is 22.9 Å². The molecule has 94 valence electrons. The average Bonchev–Trinajstić information content (AvgIpc) is 2.50. The monoisotopic (exact) mass is 272 g/mol. The van der Waals surface area contributed by atoms with Gasteiger partial charge in [0, 0.05) is 4.88 Å². The third-order valence-corrected chi connectivity index (χ3v) is 5.12. The first-order chi connectivity index (χ1) is 7.80. The maximum atomic E-state index is 11.2. The van der Waals surface area contributed by atoms with Gasteiger partial charge < -0.3 is 5.11 Å². The Kier molecular flexibility index (Phi) is 3.25. The van der Waals surface area contributed by atoms with Crippen molar-refractivity contribution in [3.63, 3.8) is 0 Å². The molecule has 1 aliphatic carbocycles. The first-order valence-electron chi connectivity index (χ1n) is 5.84. The minimum atomic E-state index is -0.887. The SMILES string of the molecule is CC(C)(C)C1CCc2c(sc(Cl)c2C(=O)O)C1. The molecule has 0 spiro atoms. The smallest absolute Gasteiger partial charge is 0.338 e. The van der Waals surface area contributed by atoms with Crippen molar-refractivity contribution in [2.75, 3.05) is 0 Å². The van der Waals surface area contributed by atoms with Gasteiger partial charge in [-0.05, 0) is 36.2 Å². The second kappa shape index (κ2) is 4.29. The summed E-state index contributed by atoms with van der Waals surface area (Å²) in [6.07, 6.45) is 2.88. The highest BCUT2D eigenvalue weighted by atomic mass is 35.5. The molecule has 1 N–H and O–H groups in total. The predicted molar refractivity (Wildman–Crippen MR) is 71.3 cm³/mol. The van der Waals surface area contributed by atoms with Crippen LogP contribution in [0.15, 0.2) is 0 Å². The van der Waals surface area contributed by atoms with E-state index in [0.29, 0.717) is 15.8 Å². The summed E-state index contributed by atoms with van der Waals surface area (Å²) in [6, 6.07) is 0. The largest absolute Gasteiger partial charge is 0.478 e. The molecule has 0 radical (unpaired) electrons. The first kappa shape index (κ1) is 12.9. The Hall–Kier alpha value is -0.540. The zero-order valence-electron chi connectivity index (χ0n) is 10.3. The van der Waals surface area contributed by atoms with E-state index in [2.05, 4.69) is 20.8 Å². The Labute approximate surface area is 111 Å². The number of hydrogen-bond acceptors (Lipinski definition) is 2. The van der Waals surface area contributed by atoms with Crippen LogP contribution in [0.25, 0.3) is 0 Å². The van der Waals surface area contributed by atoms with Crippen LogP contribution in [0.2, 0.25) is 4.34 Å². The summed E-state index contributed by atoms with van der Waals surface area (Å²) >= 11 is 7.48. The van der Waals surface area contributed by atoms with Crippen LogP contribution in [0.1, 0.15) is 48.0 Å². The van der Waals surface area contributed by atoms with Gasteiger partial charge in [0.15, 0.2) is 0 Å². The van der Waals surface area contributed by atoms with Gasteiger partial charge in [0.05, 0.1) is 5.56 Å². The predicted octanol–water partition coefficient (Wildman–Crippen LogP) is 4.25. The zero-order valence-corrected chi connectivity index (χ0v) is 11.9. The molecule has 2 nitrogen and oxygen atoms in total. The summed E-state index contributed by atoms with van der Waals surface area (Å²) in [7, 11) is 0. The fourth-order valence-electron chi connectivity index (χ4n) is 2.50. The van der Waals surface area contributed by atoms with Crippen LogP contribution < -0.4 is 0 Å². The van der Waals surface area contributed by atoms with Gasteiger partial charge >= 0.3 is 5.97 Å². The summed E-state index contributed by atoms with van der Waals surface area (Å²) in [4.78, 5) is 12.3. The fourth-order valence-corrected chi connectivity index (χ4v) is 4.12. The van der Waals surface area contributed by atoms with Crippen molar-refractivity contribution < 1.29 is 9.90 Å². The number of aromatic carboxylic acids is 1. The molecular formula is C13H17ClO2S. The minimum absolute atomic E-state index is 0.275. The summed E-state index contributed by atoms with van der Waals surface area (Å²) in [6.45, 7) is 6.74. The van der Waals surface area contributed by atoms with Gasteiger partial charge in [0.25, 0.3) is 0 Å². The number of rotatable bonds is 1. The number of carboxylic acids is 1. The molecular weight excluding hydrogens is 256 g/mol. The van der Waals surface area contributed by atoms with Gasteiger partial charge in [0.1, 0.15) is 4.34 Å². The molecule has 2 rings (SSSR count). The van der Waals surface area contributed by atoms with Crippen molar-refractivity contribution in [1.82, 2.24) is 0 Å². The van der Waals surface area contributed by atoms with E-state index in [0.717, 1.165) is 24.8 Å². The number of halogens is 1. The average molecular weight is 273 g/mol. The van der Waals surface area contributed by atoms with Gasteiger partial charge in [-0.25, -0.2) is 4.79 Å². The molecule has 0 bridgehead atoms. The molecule has 0 aromatic carbocycles. The molecule has 0 saturated carbocycles. The Bertz CT molecular complexity index is 457. The highest BCUT2D eigenvalue weighted by Crippen LogP contribution is 2.43. The highest BCUT2D eigenvalue weighted by Gasteiger charge is 2.33. The first-order valence-corrected chi connectivity index (χ1v) is 7.03. The topological polar surface area (TPSA) is 37.3 Å². The lowest BCUT2D eigenvalue weighted by Crippen LogP contribution is -2.26. The Morgan fingerprint density at radius 2 is 2.12 bits per heavy atom. The van der Waals surface area contributed by atoms with E-state index in [1.807, 2.05) is 0 Å². The normalized spacial score (nSPS) is 20.1. The summed E-state index contributed by atoms with van der Waals surface area (Å²) in [5, 5.41) is 9.16. The van der Waals surface area contributed by atoms with E-state index in [1.165, 1.54) is 16.2 Å². The van der Waals surface area contributed by atoms with Crippen LogP contribution in [0.4, 0.5) is 0 Å². The number of fused-ring (bicyclic) bond motifs is 1. The standard InChI is InChI=1S/C13H17ClO2S/c1-13(2,3)7-4-5-8-9(6-7)17-11(14)10(8)12(15)16/h7H,4-6H2,1-3H3,(H,15,16). The lowest BCUT2D eigenvalue weighted by Gasteiger charge is -2.33. The van der Waals surface area contributed by atoms with Crippen molar-refractivity contribution in [3.05, 3.63) is 20.3 Å². The van der Waals surface area contributed by atoms with Gasteiger partial charge in [-0.15, -0.1) is 11.3 Å². The molecule has 4 heteroatoms. The fraction of sp³-hybridized carbons (Fsp3) is 0.615. The Morgan fingerprint density at radius 3 is 2.65 bits per heavy atom. The lowest BCUT2D eigenvalue weighted by atomic mass is 9.72. The number of hydrogen-bond donors (Lipinski definition) is 1. The van der Waals surface area contributed by atoms with Crippen molar-refractivity contribution in [2.24, 2.45) is 11.3 Å². The van der Waals surface area contributed by atoms with Crippen molar-refractivity contribution >= 4 is 28.9 Å². The Balaban J connectivity index is 2.35. The van der Waals surface area contributed by atoms with Gasteiger partial charge in [-0.2, -0.15) is 0 Å². The van der Waals surface area contributed by atoms with Crippen LogP contribution in [0.5, 0.6) is 0 Å². The van der Waals surface area contributed by atoms with Crippen molar-refractivity contribution in [2.45, 2.75) is 40.0 Å². The van der Waals surface area contributed by atoms with Crippen molar-refractivity contribution in [3.8, 4) is 0 Å². The summed E-state index contributed by atoms with van der Waals surface area (Å²) < 4.78 is 0.442. The van der Waals surface area contributed by atoms with Gasteiger partial charge in [-0.3, -0.25) is 0 Å². The molecule has 0 fully saturated rings. The third kappa shape index (κ3) is 2.36. The molecule has 1 aliphatic rings. The van der Waals surface area contributed by atoms with E-state index in [4.69, 9.17) is 16.7 Å². The summed E-state index contributed by atoms with van der Waals surface area (Å²) in [5.41, 5.74) is 1.60. The van der Waals surface area contributed by atoms with Crippen LogP contribution in [-0.2, 0) is 12.8 Å². The molecule has 0 aliphatic heterocycles. The van der Waals surface area contributed by atoms with Crippen molar-refractivity contribution in [1.29, 1.82) is 0 Å². The third-order valence-electron chi connectivity index (χ3n) is 3.66. The quantitative estimate of drug-likeness (QED) is 0.830. The van der Waals surface area contributed by atoms with Crippen LogP contribution in [0.3, 0.4) is 0 Å². The maximum absolute atomic E-state index is 11.2. The van der Waals surface area contributed by atoms with Gasteiger partial charge in [-0.1, -0.05) is 32.4 Å². The molecule has 1 aromatic rings. The van der Waals surface area contributed by atoms with Crippen LogP contribution in [-0.4, -0.2) is 11.1 Å². The van der Waals surface area contributed by atoms with E-state index < -0.39 is 5.97 Å². The summed E-state index contributed by atoms with van der Waals surface area (Å²) in [5.74, 6) is -0.270. The number of carbonyl (C=O) groups is 1. The molecule has 17 heavy (non-hydrogen) atoms. The van der Waals surface area contributed by atoms with Gasteiger partial charge in [0.2, 0.25) is 0 Å². The highest BCUT2D eigenvalue weighted by molar-refractivity contribution is 7.16. The number of carboxylic acid groups (broad SMARTS) is 1. The molecule has 1 atom stereocenters. The van der Waals surface area contributed by atoms with E-state index in [1.54, 1.807) is 0 Å².